The summed E-state index contributed by atoms with van der Waals surface area (Å²) in [5, 5.41) is 17.6. The van der Waals surface area contributed by atoms with Gasteiger partial charge in [0, 0.05) is 17.1 Å². The van der Waals surface area contributed by atoms with E-state index in [1.165, 1.54) is 42.7 Å². The van der Waals surface area contributed by atoms with E-state index < -0.39 is 11.5 Å². The van der Waals surface area contributed by atoms with Gasteiger partial charge in [0.15, 0.2) is 5.78 Å². The number of aliphatic hydroxyl groups is 2. The molecule has 1 aliphatic carbocycles. The quantitative estimate of drug-likeness (QED) is 0.157. The fourth-order valence-corrected chi connectivity index (χ4v) is 4.25. The minimum Gasteiger partial charge on any atom is -0.394 e. The highest BCUT2D eigenvalue weighted by Crippen LogP contribution is 2.47. The van der Waals surface area contributed by atoms with Crippen molar-refractivity contribution in [3.05, 3.63) is 113 Å². The first-order valence-electron chi connectivity index (χ1n) is 15.8. The summed E-state index contributed by atoms with van der Waals surface area (Å²) in [7, 11) is 0. The Kier molecular flexibility index (Phi) is 17.5. The van der Waals surface area contributed by atoms with Gasteiger partial charge < -0.3 is 10.2 Å². The Morgan fingerprint density at radius 2 is 1.37 bits per heavy atom. The van der Waals surface area contributed by atoms with Gasteiger partial charge in [-0.1, -0.05) is 80.4 Å². The molecule has 0 bridgehead atoms. The van der Waals surface area contributed by atoms with Crippen LogP contribution in [0.3, 0.4) is 0 Å². The Hall–Kier alpha value is -4.07. The number of fused-ring (bicyclic) bond motifs is 1. The first kappa shape index (κ1) is 40.0. The number of ketones is 3. The maximum Gasteiger partial charge on any atom is 0.159 e. The molecule has 2 N–H and O–H groups in total. The molecule has 1 heterocycles. The highest BCUT2D eigenvalue weighted by molar-refractivity contribution is 6.07. The Morgan fingerprint density at radius 1 is 0.848 bits per heavy atom. The Bertz CT molecular complexity index is 1490. The average Bonchev–Trinajstić information content (AvgIpc) is 3.88. The van der Waals surface area contributed by atoms with Crippen LogP contribution in [0, 0.1) is 25.1 Å². The van der Waals surface area contributed by atoms with Crippen LogP contribution in [0.15, 0.2) is 79.0 Å². The highest BCUT2D eigenvalue weighted by Gasteiger charge is 2.51. The maximum atomic E-state index is 12.1. The summed E-state index contributed by atoms with van der Waals surface area (Å²) in [6.45, 7) is 14.3. The fourth-order valence-electron chi connectivity index (χ4n) is 4.25. The fraction of sp³-hybridized carbons (Fsp3) is 0.385. The van der Waals surface area contributed by atoms with Gasteiger partial charge >= 0.3 is 0 Å². The van der Waals surface area contributed by atoms with Crippen molar-refractivity contribution in [2.24, 2.45) is 5.41 Å². The predicted molar refractivity (Wildman–Crippen MR) is 185 cm³/mol. The van der Waals surface area contributed by atoms with Crippen molar-refractivity contribution in [1.29, 1.82) is 0 Å². The summed E-state index contributed by atoms with van der Waals surface area (Å²) in [6, 6.07) is 22.8. The SMILES string of the molecule is CC.CC(=O)C1(C(C)=O)CC1.CC(=O)c1ccc2c(Cc3ccc(C)cc3)ccnc2c1.CCC(O)CO.Cc1ccc(F)cc1. The molecule has 1 aliphatic rings. The molecule has 1 saturated carbocycles. The van der Waals surface area contributed by atoms with Crippen LogP contribution < -0.4 is 0 Å². The number of carbonyl (C=O) groups excluding carboxylic acids is 3. The molecule has 0 aliphatic heterocycles. The van der Waals surface area contributed by atoms with E-state index in [1.54, 1.807) is 19.1 Å². The van der Waals surface area contributed by atoms with E-state index in [9.17, 15) is 18.8 Å². The first-order valence-corrected chi connectivity index (χ1v) is 15.8. The van der Waals surface area contributed by atoms with Gasteiger partial charge in [-0.25, -0.2) is 4.39 Å². The lowest BCUT2D eigenvalue weighted by Gasteiger charge is -2.07. The first-order chi connectivity index (χ1) is 21.8. The zero-order valence-electron chi connectivity index (χ0n) is 28.6. The Morgan fingerprint density at radius 3 is 1.74 bits per heavy atom. The largest absolute Gasteiger partial charge is 0.394 e. The molecule has 1 fully saturated rings. The monoisotopic (exact) mass is 631 g/mol. The zero-order valence-corrected chi connectivity index (χ0v) is 28.6. The lowest BCUT2D eigenvalue weighted by atomic mass is 9.98. The van der Waals surface area contributed by atoms with Gasteiger partial charge in [0.25, 0.3) is 0 Å². The third-order valence-corrected chi connectivity index (χ3v) is 7.55. The van der Waals surface area contributed by atoms with E-state index in [0.717, 1.165) is 35.7 Å². The molecule has 0 radical (unpaired) electrons. The number of aromatic nitrogens is 1. The van der Waals surface area contributed by atoms with Gasteiger partial charge in [-0.05, 0) is 95.7 Å². The topological polar surface area (TPSA) is 105 Å². The van der Waals surface area contributed by atoms with Crippen LogP contribution in [0.2, 0.25) is 0 Å². The average molecular weight is 632 g/mol. The van der Waals surface area contributed by atoms with Gasteiger partial charge in [-0.15, -0.1) is 0 Å². The number of hydrogen-bond donors (Lipinski definition) is 2. The molecule has 0 amide bonds. The number of hydrogen-bond acceptors (Lipinski definition) is 6. The molecule has 6 nitrogen and oxygen atoms in total. The molecule has 0 saturated heterocycles. The van der Waals surface area contributed by atoms with Gasteiger partial charge in [-0.3, -0.25) is 19.4 Å². The van der Waals surface area contributed by atoms with E-state index in [0.29, 0.717) is 12.0 Å². The van der Waals surface area contributed by atoms with Crippen LogP contribution in [0.25, 0.3) is 10.9 Å². The number of carbonyl (C=O) groups is 3. The third kappa shape index (κ3) is 13.1. The molecule has 0 spiro atoms. The normalized spacial score (nSPS) is 12.7. The summed E-state index contributed by atoms with van der Waals surface area (Å²) in [5.74, 6) is -0.0248. The van der Waals surface area contributed by atoms with E-state index in [1.807, 2.05) is 52.1 Å². The van der Waals surface area contributed by atoms with Gasteiger partial charge in [0.1, 0.15) is 17.4 Å². The van der Waals surface area contributed by atoms with Crippen LogP contribution in [-0.4, -0.2) is 45.3 Å². The van der Waals surface area contributed by atoms with Gasteiger partial charge in [0.05, 0.1) is 23.6 Å². The number of benzene rings is 3. The molecule has 1 atom stereocenters. The van der Waals surface area contributed by atoms with Crippen molar-refractivity contribution < 1.29 is 29.0 Å². The summed E-state index contributed by atoms with van der Waals surface area (Å²) in [6.07, 6.45) is 4.37. The third-order valence-electron chi connectivity index (χ3n) is 7.55. The molecule has 1 unspecified atom stereocenters. The Balaban J connectivity index is 0.000000350. The second-order valence-electron chi connectivity index (χ2n) is 11.2. The second-order valence-corrected chi connectivity index (χ2v) is 11.2. The minimum absolute atomic E-state index is 0.0370. The molecule has 1 aromatic heterocycles. The van der Waals surface area contributed by atoms with Crippen molar-refractivity contribution in [2.45, 2.75) is 87.2 Å². The zero-order chi connectivity index (χ0) is 34.9. The highest BCUT2D eigenvalue weighted by atomic mass is 19.1. The van der Waals surface area contributed by atoms with Crippen LogP contribution in [0.5, 0.6) is 0 Å². The van der Waals surface area contributed by atoms with Crippen molar-refractivity contribution in [3.8, 4) is 0 Å². The summed E-state index contributed by atoms with van der Waals surface area (Å²) < 4.78 is 12.1. The van der Waals surface area contributed by atoms with Gasteiger partial charge in [0.2, 0.25) is 0 Å². The molecule has 7 heteroatoms. The molecule has 3 aromatic carbocycles. The summed E-state index contributed by atoms with van der Waals surface area (Å²) >= 11 is 0. The number of Topliss-reactive ketones (excluding diaryl/α,β-unsaturated/α-hetero) is 3. The number of rotatable bonds is 7. The van der Waals surface area contributed by atoms with E-state index in [4.69, 9.17) is 10.2 Å². The molecule has 248 valence electrons. The molecule has 5 rings (SSSR count). The number of nitrogens with zero attached hydrogens (tertiary/aromatic N) is 1. The van der Waals surface area contributed by atoms with Crippen LogP contribution in [-0.2, 0) is 16.0 Å². The molecular weight excluding hydrogens is 581 g/mol. The summed E-state index contributed by atoms with van der Waals surface area (Å²) in [4.78, 5) is 37.4. The van der Waals surface area contributed by atoms with Crippen molar-refractivity contribution in [1.82, 2.24) is 4.98 Å². The van der Waals surface area contributed by atoms with Crippen molar-refractivity contribution in [2.75, 3.05) is 6.61 Å². The van der Waals surface area contributed by atoms with Crippen molar-refractivity contribution in [3.63, 3.8) is 0 Å². The van der Waals surface area contributed by atoms with Gasteiger partial charge in [-0.2, -0.15) is 0 Å². The van der Waals surface area contributed by atoms with E-state index in [2.05, 4.69) is 42.2 Å². The van der Waals surface area contributed by atoms with Crippen LogP contribution in [0.4, 0.5) is 4.39 Å². The van der Waals surface area contributed by atoms with E-state index >= 15 is 0 Å². The maximum absolute atomic E-state index is 12.1. The number of halogens is 1. The second kappa shape index (κ2) is 20.1. The minimum atomic E-state index is -0.528. The molecule has 46 heavy (non-hydrogen) atoms. The van der Waals surface area contributed by atoms with Crippen LogP contribution >= 0.6 is 0 Å². The number of pyridine rings is 1. The van der Waals surface area contributed by atoms with Crippen molar-refractivity contribution >= 4 is 28.3 Å². The standard InChI is InChI=1S/C19H17NO.C7H7F.C7H10O2.C4H10O2.C2H6/c1-13-3-5-15(6-4-13)11-17-9-10-20-19-12-16(14(2)21)7-8-18(17)19;1-6-2-4-7(8)5-3-6;1-5(8)7(3-4-7)6(2)9;1-2-4(6)3-5;1-2/h3-10,12H,11H2,1-2H3;2-5H,1H3;3-4H2,1-2H3;4-6H,2-3H2,1H3;1-2H3. The smallest absolute Gasteiger partial charge is 0.159 e. The predicted octanol–water partition coefficient (Wildman–Crippen LogP) is 8.19. The molecule has 4 aromatic rings. The molecular formula is C39H50FNO5. The number of aryl methyl sites for hydroxylation is 2. The lowest BCUT2D eigenvalue weighted by molar-refractivity contribution is -0.132. The lowest BCUT2D eigenvalue weighted by Crippen LogP contribution is -2.20. The number of aliphatic hydroxyl groups excluding tert-OH is 2. The summed E-state index contributed by atoms with van der Waals surface area (Å²) in [5.41, 5.74) is 5.94. The Labute approximate surface area is 273 Å². The van der Waals surface area contributed by atoms with Crippen LogP contribution in [0.1, 0.15) is 93.4 Å². The van der Waals surface area contributed by atoms with E-state index in [-0.39, 0.29) is 29.8 Å².